The first-order chi connectivity index (χ1) is 15.7. The number of amides is 2. The van der Waals surface area contributed by atoms with E-state index in [1.165, 1.54) is 7.11 Å². The number of nitrogens with one attached hydrogen (secondary N) is 2. The molecule has 0 heterocycles. The van der Waals surface area contributed by atoms with Crippen LogP contribution in [-0.2, 0) is 32.0 Å². The van der Waals surface area contributed by atoms with Gasteiger partial charge in [-0.3, -0.25) is 9.59 Å². The summed E-state index contributed by atoms with van der Waals surface area (Å²) in [7, 11) is 1.27. The van der Waals surface area contributed by atoms with Gasteiger partial charge in [-0.25, -0.2) is 4.79 Å². The van der Waals surface area contributed by atoms with E-state index >= 15 is 0 Å². The van der Waals surface area contributed by atoms with E-state index in [0.717, 1.165) is 17.5 Å². The maximum Gasteiger partial charge on any atom is 0.328 e. The van der Waals surface area contributed by atoms with Gasteiger partial charge in [-0.1, -0.05) is 74.5 Å². The van der Waals surface area contributed by atoms with E-state index < -0.39 is 23.6 Å². The van der Waals surface area contributed by atoms with Gasteiger partial charge < -0.3 is 21.1 Å². The number of nitrogens with two attached hydrogens (primary N) is 1. The van der Waals surface area contributed by atoms with Gasteiger partial charge in [0.2, 0.25) is 5.91 Å². The van der Waals surface area contributed by atoms with Crippen LogP contribution in [0.15, 0.2) is 60.7 Å². The van der Waals surface area contributed by atoms with E-state index in [-0.39, 0.29) is 31.1 Å². The lowest BCUT2D eigenvalue weighted by Crippen LogP contribution is -2.67. The lowest BCUT2D eigenvalue weighted by molar-refractivity contribution is -0.146. The fourth-order valence-electron chi connectivity index (χ4n) is 3.73. The number of methoxy groups -OCH3 is 1. The van der Waals surface area contributed by atoms with Crippen LogP contribution in [0.1, 0.15) is 44.2 Å². The minimum Gasteiger partial charge on any atom is -0.467 e. The Labute approximate surface area is 196 Å². The lowest BCUT2D eigenvalue weighted by Gasteiger charge is -2.32. The van der Waals surface area contributed by atoms with Gasteiger partial charge in [0, 0.05) is 12.8 Å². The molecule has 33 heavy (non-hydrogen) atoms. The monoisotopic (exact) mass is 453 g/mol. The minimum absolute atomic E-state index is 0.0380. The predicted octanol–water partition coefficient (Wildman–Crippen LogP) is 2.73. The summed E-state index contributed by atoms with van der Waals surface area (Å²) >= 11 is 0. The SMILES string of the molecule is COC(=O)[C@@H](Cc1ccccc1)NC(=O)[C@@](N)(CC(C)C)NC(=O)CCCc1ccccc1. The zero-order valence-corrected chi connectivity index (χ0v) is 19.7. The number of ether oxygens (including phenoxy) is 1. The van der Waals surface area contributed by atoms with Crippen molar-refractivity contribution in [1.29, 1.82) is 0 Å². The van der Waals surface area contributed by atoms with Gasteiger partial charge in [-0.2, -0.15) is 0 Å². The van der Waals surface area contributed by atoms with Crippen molar-refractivity contribution in [2.24, 2.45) is 11.7 Å². The Morgan fingerprint density at radius 1 is 0.970 bits per heavy atom. The van der Waals surface area contributed by atoms with Gasteiger partial charge in [0.05, 0.1) is 7.11 Å². The summed E-state index contributed by atoms with van der Waals surface area (Å²) in [6, 6.07) is 18.3. The molecule has 0 aliphatic rings. The first kappa shape index (κ1) is 26.1. The molecule has 0 unspecified atom stereocenters. The Hall–Kier alpha value is -3.19. The van der Waals surface area contributed by atoms with E-state index in [0.29, 0.717) is 6.42 Å². The molecule has 0 aliphatic carbocycles. The first-order valence-electron chi connectivity index (χ1n) is 11.3. The van der Waals surface area contributed by atoms with E-state index in [1.807, 2.05) is 74.5 Å². The molecule has 2 atom stereocenters. The smallest absolute Gasteiger partial charge is 0.328 e. The summed E-state index contributed by atoms with van der Waals surface area (Å²) in [4.78, 5) is 38.2. The summed E-state index contributed by atoms with van der Waals surface area (Å²) in [5.74, 6) is -1.45. The molecule has 2 rings (SSSR count). The molecule has 7 heteroatoms. The average molecular weight is 454 g/mol. The summed E-state index contributed by atoms with van der Waals surface area (Å²) in [6.07, 6.45) is 2.10. The summed E-state index contributed by atoms with van der Waals surface area (Å²) in [5, 5.41) is 5.41. The van der Waals surface area contributed by atoms with Crippen LogP contribution in [0.2, 0.25) is 0 Å². The Bertz CT molecular complexity index is 902. The van der Waals surface area contributed by atoms with Crippen molar-refractivity contribution in [3.8, 4) is 0 Å². The number of esters is 1. The molecule has 178 valence electrons. The third-order valence-electron chi connectivity index (χ3n) is 5.28. The molecule has 0 aromatic heterocycles. The number of rotatable bonds is 12. The van der Waals surface area contributed by atoms with Crippen LogP contribution >= 0.6 is 0 Å². The van der Waals surface area contributed by atoms with Crippen LogP contribution in [0, 0.1) is 5.92 Å². The molecule has 0 spiro atoms. The zero-order valence-electron chi connectivity index (χ0n) is 19.7. The Morgan fingerprint density at radius 3 is 2.09 bits per heavy atom. The molecule has 2 aromatic carbocycles. The number of hydrogen-bond acceptors (Lipinski definition) is 5. The van der Waals surface area contributed by atoms with Gasteiger partial charge in [0.25, 0.3) is 5.91 Å². The first-order valence-corrected chi connectivity index (χ1v) is 11.3. The number of hydrogen-bond donors (Lipinski definition) is 3. The maximum atomic E-state index is 13.2. The van der Waals surface area contributed by atoms with Gasteiger partial charge in [-0.05, 0) is 36.3 Å². The number of carbonyl (C=O) groups is 3. The molecule has 0 saturated heterocycles. The highest BCUT2D eigenvalue weighted by Crippen LogP contribution is 2.15. The average Bonchev–Trinajstić information content (AvgIpc) is 2.78. The van der Waals surface area contributed by atoms with E-state index in [1.54, 1.807) is 0 Å². The quantitative estimate of drug-likeness (QED) is 0.338. The number of carbonyl (C=O) groups excluding carboxylic acids is 3. The fourth-order valence-corrected chi connectivity index (χ4v) is 3.73. The standard InChI is InChI=1S/C26H35N3O4/c1-19(2)18-26(27,29-23(30)16-10-15-20-11-6-4-7-12-20)25(32)28-22(24(31)33-3)17-21-13-8-5-9-14-21/h4-9,11-14,19,22H,10,15-18,27H2,1-3H3,(H,28,32)(H,29,30)/t22-,26-/m1/s1. The Balaban J connectivity index is 2.05. The third-order valence-corrected chi connectivity index (χ3v) is 5.28. The summed E-state index contributed by atoms with van der Waals surface area (Å²) in [5.41, 5.74) is 6.79. The molecule has 2 aromatic rings. The highest BCUT2D eigenvalue weighted by Gasteiger charge is 2.38. The van der Waals surface area contributed by atoms with Crippen molar-refractivity contribution in [3.63, 3.8) is 0 Å². The fraction of sp³-hybridized carbons (Fsp3) is 0.423. The third kappa shape index (κ3) is 8.69. The molecule has 0 saturated carbocycles. The minimum atomic E-state index is -1.64. The highest BCUT2D eigenvalue weighted by atomic mass is 16.5. The number of benzene rings is 2. The summed E-state index contributed by atoms with van der Waals surface area (Å²) in [6.45, 7) is 3.83. The second-order valence-electron chi connectivity index (χ2n) is 8.70. The molecule has 0 bridgehead atoms. The van der Waals surface area contributed by atoms with Gasteiger partial charge in [-0.15, -0.1) is 0 Å². The predicted molar refractivity (Wildman–Crippen MR) is 128 cm³/mol. The number of aryl methyl sites for hydroxylation is 1. The molecular formula is C26H35N3O4. The second-order valence-corrected chi connectivity index (χ2v) is 8.70. The van der Waals surface area contributed by atoms with Crippen LogP contribution in [0.3, 0.4) is 0 Å². The van der Waals surface area contributed by atoms with Crippen LogP contribution in [-0.4, -0.2) is 36.6 Å². The highest BCUT2D eigenvalue weighted by molar-refractivity contribution is 5.93. The second kappa shape index (κ2) is 12.7. The molecule has 4 N–H and O–H groups in total. The van der Waals surface area contributed by atoms with Crippen LogP contribution in [0.4, 0.5) is 0 Å². The van der Waals surface area contributed by atoms with Crippen molar-refractivity contribution < 1.29 is 19.1 Å². The Morgan fingerprint density at radius 2 is 1.55 bits per heavy atom. The van der Waals surface area contributed by atoms with Crippen molar-refractivity contribution in [2.45, 2.75) is 57.7 Å². The van der Waals surface area contributed by atoms with Gasteiger partial charge in [0.15, 0.2) is 5.66 Å². The van der Waals surface area contributed by atoms with Crippen LogP contribution < -0.4 is 16.4 Å². The topological polar surface area (TPSA) is 111 Å². The van der Waals surface area contributed by atoms with Crippen molar-refractivity contribution >= 4 is 17.8 Å². The van der Waals surface area contributed by atoms with E-state index in [2.05, 4.69) is 10.6 Å². The molecule has 0 aliphatic heterocycles. The van der Waals surface area contributed by atoms with Crippen molar-refractivity contribution in [2.75, 3.05) is 7.11 Å². The zero-order chi connectivity index (χ0) is 24.3. The molecule has 0 radical (unpaired) electrons. The maximum absolute atomic E-state index is 13.2. The molecular weight excluding hydrogens is 418 g/mol. The largest absolute Gasteiger partial charge is 0.467 e. The van der Waals surface area contributed by atoms with E-state index in [9.17, 15) is 14.4 Å². The van der Waals surface area contributed by atoms with Crippen LogP contribution in [0.25, 0.3) is 0 Å². The van der Waals surface area contributed by atoms with Crippen LogP contribution in [0.5, 0.6) is 0 Å². The van der Waals surface area contributed by atoms with Crippen molar-refractivity contribution in [3.05, 3.63) is 71.8 Å². The molecule has 0 fully saturated rings. The lowest BCUT2D eigenvalue weighted by atomic mass is 9.95. The van der Waals surface area contributed by atoms with Gasteiger partial charge in [0.1, 0.15) is 6.04 Å². The molecule has 7 nitrogen and oxygen atoms in total. The van der Waals surface area contributed by atoms with E-state index in [4.69, 9.17) is 10.5 Å². The summed E-state index contributed by atoms with van der Waals surface area (Å²) < 4.78 is 4.87. The van der Waals surface area contributed by atoms with Gasteiger partial charge >= 0.3 is 5.97 Å². The van der Waals surface area contributed by atoms with Crippen molar-refractivity contribution in [1.82, 2.24) is 10.6 Å². The molecule has 2 amide bonds. The Kier molecular flexibility index (Phi) is 10.1. The normalized spacial score (nSPS) is 13.6.